The van der Waals surface area contributed by atoms with E-state index in [-0.39, 0.29) is 5.91 Å². The van der Waals surface area contributed by atoms with E-state index in [1.54, 1.807) is 17.2 Å². The quantitative estimate of drug-likeness (QED) is 0.861. The number of carbonyl (C=O) groups is 1. The highest BCUT2D eigenvalue weighted by atomic mass is 16.2. The zero-order valence-electron chi connectivity index (χ0n) is 10.4. The number of hydrogen-bond donors (Lipinski definition) is 2. The van der Waals surface area contributed by atoms with Crippen LogP contribution in [0.5, 0.6) is 0 Å². The van der Waals surface area contributed by atoms with E-state index in [2.05, 4.69) is 15.5 Å². The number of amides is 1. The summed E-state index contributed by atoms with van der Waals surface area (Å²) < 4.78 is 1.78. The Morgan fingerprint density at radius 2 is 2.05 bits per heavy atom. The molecule has 0 bridgehead atoms. The first-order valence-corrected chi connectivity index (χ1v) is 6.23. The van der Waals surface area contributed by atoms with Gasteiger partial charge in [-0.3, -0.25) is 9.36 Å². The van der Waals surface area contributed by atoms with Gasteiger partial charge in [0.05, 0.1) is 11.2 Å². The van der Waals surface area contributed by atoms with Gasteiger partial charge in [0.2, 0.25) is 5.91 Å². The fourth-order valence-electron chi connectivity index (χ4n) is 2.12. The highest BCUT2D eigenvalue weighted by Crippen LogP contribution is 2.30. The van der Waals surface area contributed by atoms with E-state index in [4.69, 9.17) is 5.73 Å². The van der Waals surface area contributed by atoms with Crippen LogP contribution in [0.25, 0.3) is 5.69 Å². The number of rotatable bonds is 3. The van der Waals surface area contributed by atoms with Crippen LogP contribution in [0.4, 0.5) is 5.69 Å². The molecule has 1 aliphatic rings. The van der Waals surface area contributed by atoms with Crippen molar-refractivity contribution in [2.45, 2.75) is 24.8 Å². The van der Waals surface area contributed by atoms with Crippen molar-refractivity contribution in [1.29, 1.82) is 0 Å². The molecule has 0 saturated heterocycles. The monoisotopic (exact) mass is 257 g/mol. The van der Waals surface area contributed by atoms with E-state index in [0.717, 1.165) is 30.6 Å². The molecular weight excluding hydrogens is 242 g/mol. The molecule has 0 unspecified atom stereocenters. The second-order valence-corrected chi connectivity index (χ2v) is 4.88. The zero-order chi connectivity index (χ0) is 13.3. The van der Waals surface area contributed by atoms with Gasteiger partial charge in [-0.05, 0) is 37.5 Å². The maximum atomic E-state index is 12.0. The number of carbonyl (C=O) groups excluding carboxylic acids is 1. The molecule has 3 N–H and O–H groups in total. The van der Waals surface area contributed by atoms with Crippen LogP contribution in [0.15, 0.2) is 36.9 Å². The number of hydrogen-bond acceptors (Lipinski definition) is 4. The molecule has 98 valence electrons. The molecule has 6 heteroatoms. The van der Waals surface area contributed by atoms with E-state index in [0.29, 0.717) is 0 Å². The minimum Gasteiger partial charge on any atom is -0.324 e. The normalized spacial score (nSPS) is 16.7. The van der Waals surface area contributed by atoms with Crippen LogP contribution in [-0.4, -0.2) is 26.2 Å². The fraction of sp³-hybridized carbons (Fsp3) is 0.308. The van der Waals surface area contributed by atoms with Crippen molar-refractivity contribution in [3.05, 3.63) is 36.9 Å². The molecule has 1 saturated carbocycles. The van der Waals surface area contributed by atoms with Gasteiger partial charge < -0.3 is 11.1 Å². The molecule has 3 rings (SSSR count). The van der Waals surface area contributed by atoms with E-state index in [1.165, 1.54) is 0 Å². The Balaban J connectivity index is 1.78. The average molecular weight is 257 g/mol. The molecule has 2 aromatic rings. The SMILES string of the molecule is NC1(C(=O)Nc2cccc(-n3cnnc3)c2)CCC1. The summed E-state index contributed by atoms with van der Waals surface area (Å²) in [5.41, 5.74) is 6.92. The van der Waals surface area contributed by atoms with Crippen LogP contribution in [0.1, 0.15) is 19.3 Å². The van der Waals surface area contributed by atoms with E-state index >= 15 is 0 Å². The molecule has 19 heavy (non-hydrogen) atoms. The Morgan fingerprint density at radius 1 is 1.32 bits per heavy atom. The largest absolute Gasteiger partial charge is 0.324 e. The summed E-state index contributed by atoms with van der Waals surface area (Å²) >= 11 is 0. The molecule has 1 heterocycles. The summed E-state index contributed by atoms with van der Waals surface area (Å²) in [5, 5.41) is 10.4. The Kier molecular flexibility index (Phi) is 2.79. The number of benzene rings is 1. The minimum atomic E-state index is -0.688. The highest BCUT2D eigenvalue weighted by Gasteiger charge is 2.40. The first-order valence-electron chi connectivity index (χ1n) is 6.23. The van der Waals surface area contributed by atoms with Gasteiger partial charge in [0.25, 0.3) is 0 Å². The summed E-state index contributed by atoms with van der Waals surface area (Å²) in [6.45, 7) is 0. The van der Waals surface area contributed by atoms with Crippen molar-refractivity contribution in [3.63, 3.8) is 0 Å². The topological polar surface area (TPSA) is 85.8 Å². The van der Waals surface area contributed by atoms with Crippen LogP contribution in [-0.2, 0) is 4.79 Å². The molecule has 0 radical (unpaired) electrons. The third-order valence-corrected chi connectivity index (χ3v) is 3.52. The number of nitrogens with one attached hydrogen (secondary N) is 1. The molecule has 1 fully saturated rings. The van der Waals surface area contributed by atoms with Crippen LogP contribution < -0.4 is 11.1 Å². The number of nitrogens with zero attached hydrogens (tertiary/aromatic N) is 3. The van der Waals surface area contributed by atoms with Gasteiger partial charge in [-0.2, -0.15) is 0 Å². The zero-order valence-corrected chi connectivity index (χ0v) is 10.4. The van der Waals surface area contributed by atoms with Crippen LogP contribution >= 0.6 is 0 Å². The molecule has 1 aliphatic carbocycles. The van der Waals surface area contributed by atoms with Crippen LogP contribution in [0.2, 0.25) is 0 Å². The second kappa shape index (κ2) is 4.47. The van der Waals surface area contributed by atoms with Crippen LogP contribution in [0.3, 0.4) is 0 Å². The lowest BCUT2D eigenvalue weighted by atomic mass is 9.77. The fourth-order valence-corrected chi connectivity index (χ4v) is 2.12. The Labute approximate surface area is 110 Å². The smallest absolute Gasteiger partial charge is 0.244 e. The van der Waals surface area contributed by atoms with Gasteiger partial charge in [-0.15, -0.1) is 10.2 Å². The lowest BCUT2D eigenvalue weighted by molar-refractivity contribution is -0.123. The van der Waals surface area contributed by atoms with Gasteiger partial charge >= 0.3 is 0 Å². The van der Waals surface area contributed by atoms with Crippen molar-refractivity contribution in [1.82, 2.24) is 14.8 Å². The molecule has 0 aliphatic heterocycles. The van der Waals surface area contributed by atoms with Crippen LogP contribution in [0, 0.1) is 0 Å². The summed E-state index contributed by atoms with van der Waals surface area (Å²) in [4.78, 5) is 12.0. The molecule has 1 aromatic heterocycles. The molecular formula is C13H15N5O. The van der Waals surface area contributed by atoms with Gasteiger partial charge in [0, 0.05) is 5.69 Å². The van der Waals surface area contributed by atoms with Gasteiger partial charge in [-0.25, -0.2) is 0 Å². The molecule has 6 nitrogen and oxygen atoms in total. The van der Waals surface area contributed by atoms with Crippen molar-refractivity contribution in [3.8, 4) is 5.69 Å². The summed E-state index contributed by atoms with van der Waals surface area (Å²) in [6.07, 6.45) is 5.74. The maximum absolute atomic E-state index is 12.0. The van der Waals surface area contributed by atoms with Gasteiger partial charge in [0.15, 0.2) is 0 Å². The molecule has 0 atom stereocenters. The predicted octanol–water partition coefficient (Wildman–Crippen LogP) is 1.09. The highest BCUT2D eigenvalue weighted by molar-refractivity contribution is 5.98. The van der Waals surface area contributed by atoms with Gasteiger partial charge in [-0.1, -0.05) is 6.07 Å². The second-order valence-electron chi connectivity index (χ2n) is 4.88. The minimum absolute atomic E-state index is 0.111. The van der Waals surface area contributed by atoms with Gasteiger partial charge in [0.1, 0.15) is 12.7 Å². The Bertz CT molecular complexity index is 589. The first-order chi connectivity index (χ1) is 9.17. The first kappa shape index (κ1) is 11.9. The number of nitrogens with two attached hydrogens (primary N) is 1. The molecule has 0 spiro atoms. The Morgan fingerprint density at radius 3 is 2.68 bits per heavy atom. The molecule has 1 aromatic carbocycles. The van der Waals surface area contributed by atoms with Crippen molar-refractivity contribution in [2.24, 2.45) is 5.73 Å². The average Bonchev–Trinajstić information content (AvgIpc) is 2.90. The van der Waals surface area contributed by atoms with E-state index in [9.17, 15) is 4.79 Å². The summed E-state index contributed by atoms with van der Waals surface area (Å²) in [6, 6.07) is 7.49. The lowest BCUT2D eigenvalue weighted by Gasteiger charge is -2.36. The van der Waals surface area contributed by atoms with E-state index < -0.39 is 5.54 Å². The third-order valence-electron chi connectivity index (χ3n) is 3.52. The standard InChI is InChI=1S/C13H15N5O/c14-13(5-2-6-13)12(19)17-10-3-1-4-11(7-10)18-8-15-16-9-18/h1,3-4,7-9H,2,5-6,14H2,(H,17,19). The van der Waals surface area contributed by atoms with Crippen molar-refractivity contribution >= 4 is 11.6 Å². The van der Waals surface area contributed by atoms with E-state index in [1.807, 2.05) is 24.3 Å². The lowest BCUT2D eigenvalue weighted by Crippen LogP contribution is -2.56. The Hall–Kier alpha value is -2.21. The van der Waals surface area contributed by atoms with Crippen molar-refractivity contribution < 1.29 is 4.79 Å². The summed E-state index contributed by atoms with van der Waals surface area (Å²) in [7, 11) is 0. The molecule has 1 amide bonds. The van der Waals surface area contributed by atoms with Crippen molar-refractivity contribution in [2.75, 3.05) is 5.32 Å². The predicted molar refractivity (Wildman–Crippen MR) is 70.8 cm³/mol. The summed E-state index contributed by atoms with van der Waals surface area (Å²) in [5.74, 6) is -0.111. The maximum Gasteiger partial charge on any atom is 0.244 e. The third kappa shape index (κ3) is 2.22. The number of aromatic nitrogens is 3. The number of anilines is 1.